The third-order valence-electron chi connectivity index (χ3n) is 5.53. The highest BCUT2D eigenvalue weighted by Crippen LogP contribution is 2.39. The number of aliphatic hydroxyl groups is 2. The largest absolute Gasteiger partial charge is 0.457 e. The van der Waals surface area contributed by atoms with E-state index in [1.54, 1.807) is 19.9 Å². The highest BCUT2D eigenvalue weighted by molar-refractivity contribution is 5.83. The van der Waals surface area contributed by atoms with Gasteiger partial charge in [-0.05, 0) is 44.7 Å². The molecule has 0 radical (unpaired) electrons. The Labute approximate surface area is 176 Å². The first-order valence-electron chi connectivity index (χ1n) is 10.3. The van der Waals surface area contributed by atoms with Gasteiger partial charge in [0.05, 0.1) is 11.7 Å². The molecule has 1 aromatic rings. The molecule has 1 aromatic carbocycles. The number of cyclic esters (lactones) is 1. The molecule has 0 amide bonds. The summed E-state index contributed by atoms with van der Waals surface area (Å²) in [5.41, 5.74) is -2.13. The molecule has 2 aliphatic rings. The lowest BCUT2D eigenvalue weighted by molar-refractivity contribution is -0.207. The van der Waals surface area contributed by atoms with Crippen molar-refractivity contribution in [2.75, 3.05) is 0 Å². The lowest BCUT2D eigenvalue weighted by atomic mass is 9.82. The van der Waals surface area contributed by atoms with Crippen LogP contribution < -0.4 is 0 Å². The van der Waals surface area contributed by atoms with E-state index in [0.717, 1.165) is 25.7 Å². The van der Waals surface area contributed by atoms with E-state index in [0.29, 0.717) is 11.3 Å². The van der Waals surface area contributed by atoms with Gasteiger partial charge < -0.3 is 19.7 Å². The van der Waals surface area contributed by atoms with E-state index in [1.807, 2.05) is 0 Å². The van der Waals surface area contributed by atoms with Gasteiger partial charge >= 0.3 is 5.97 Å². The van der Waals surface area contributed by atoms with E-state index >= 15 is 0 Å². The molecular formula is C24H29FO5. The molecule has 1 atom stereocenters. The third kappa shape index (κ3) is 5.21. The van der Waals surface area contributed by atoms with Crippen molar-refractivity contribution in [3.8, 4) is 11.8 Å². The summed E-state index contributed by atoms with van der Waals surface area (Å²) in [6, 6.07) is 4.38. The van der Waals surface area contributed by atoms with Crippen molar-refractivity contribution in [1.82, 2.24) is 0 Å². The Morgan fingerprint density at radius 3 is 2.43 bits per heavy atom. The summed E-state index contributed by atoms with van der Waals surface area (Å²) in [5.74, 6) is 3.88. The highest BCUT2D eigenvalue weighted by Gasteiger charge is 2.41. The van der Waals surface area contributed by atoms with Gasteiger partial charge in [-0.2, -0.15) is 0 Å². The van der Waals surface area contributed by atoms with Crippen molar-refractivity contribution < 1.29 is 28.9 Å². The van der Waals surface area contributed by atoms with Gasteiger partial charge in [0.1, 0.15) is 17.2 Å². The zero-order chi connectivity index (χ0) is 22.2. The molecule has 1 aliphatic heterocycles. The molecular weight excluding hydrogens is 387 g/mol. The summed E-state index contributed by atoms with van der Waals surface area (Å²) in [6.07, 6.45) is 4.92. The minimum absolute atomic E-state index is 0.0490. The van der Waals surface area contributed by atoms with Crippen LogP contribution >= 0.6 is 0 Å². The quantitative estimate of drug-likeness (QED) is 0.575. The lowest BCUT2D eigenvalue weighted by Crippen LogP contribution is -2.40. The van der Waals surface area contributed by atoms with E-state index in [-0.39, 0.29) is 17.9 Å². The molecule has 1 fully saturated rings. The number of rotatable bonds is 4. The molecule has 1 aliphatic carbocycles. The molecule has 30 heavy (non-hydrogen) atoms. The van der Waals surface area contributed by atoms with Gasteiger partial charge in [0, 0.05) is 31.4 Å². The molecule has 0 spiro atoms. The van der Waals surface area contributed by atoms with Crippen LogP contribution in [0.25, 0.3) is 0 Å². The van der Waals surface area contributed by atoms with Crippen LogP contribution in [0, 0.1) is 23.6 Å². The number of hydrogen-bond donors (Lipinski definition) is 2. The predicted octanol–water partition coefficient (Wildman–Crippen LogP) is 3.91. The smallest absolute Gasteiger partial charge is 0.337 e. The molecule has 1 saturated carbocycles. The first-order chi connectivity index (χ1) is 13.9. The lowest BCUT2D eigenvalue weighted by Gasteiger charge is -2.35. The number of carbonyl (C=O) groups excluding carboxylic acids is 1. The van der Waals surface area contributed by atoms with Gasteiger partial charge in [-0.1, -0.05) is 30.7 Å². The van der Waals surface area contributed by atoms with E-state index in [4.69, 9.17) is 9.47 Å². The normalized spacial score (nSPS) is 21.0. The minimum atomic E-state index is -1.42. The number of esters is 1. The maximum absolute atomic E-state index is 14.4. The summed E-state index contributed by atoms with van der Waals surface area (Å²) < 4.78 is 25.2. The topological polar surface area (TPSA) is 76.0 Å². The fourth-order valence-corrected chi connectivity index (χ4v) is 4.09. The van der Waals surface area contributed by atoms with Crippen LogP contribution in [0.5, 0.6) is 0 Å². The van der Waals surface area contributed by atoms with Gasteiger partial charge in [-0.15, -0.1) is 0 Å². The van der Waals surface area contributed by atoms with E-state index in [9.17, 15) is 19.4 Å². The number of benzene rings is 1. The van der Waals surface area contributed by atoms with Crippen molar-refractivity contribution in [1.29, 1.82) is 0 Å². The second-order valence-electron chi connectivity index (χ2n) is 9.12. The van der Waals surface area contributed by atoms with E-state index in [1.165, 1.54) is 32.1 Å². The Hall–Kier alpha value is -2.36. The van der Waals surface area contributed by atoms with Crippen LogP contribution in [0.3, 0.4) is 0 Å². The summed E-state index contributed by atoms with van der Waals surface area (Å²) >= 11 is 0. The van der Waals surface area contributed by atoms with Crippen molar-refractivity contribution in [3.05, 3.63) is 47.0 Å². The van der Waals surface area contributed by atoms with Gasteiger partial charge in [-0.3, -0.25) is 0 Å². The van der Waals surface area contributed by atoms with Crippen LogP contribution in [0.1, 0.15) is 70.9 Å². The molecule has 1 unspecified atom stereocenters. The number of carbonyl (C=O) groups is 1. The SMILES string of the molecule is CC1(C)OC(=O)C=C(CC(O)(C#Cc2ccc(C(C)(C)O)c(F)c2)C2CCCC2)O1. The summed E-state index contributed by atoms with van der Waals surface area (Å²) in [6.45, 7) is 6.29. The second kappa shape index (κ2) is 8.05. The van der Waals surface area contributed by atoms with Crippen molar-refractivity contribution >= 4 is 5.97 Å². The van der Waals surface area contributed by atoms with E-state index < -0.39 is 28.8 Å². The monoisotopic (exact) mass is 416 g/mol. The number of hydrogen-bond acceptors (Lipinski definition) is 5. The predicted molar refractivity (Wildman–Crippen MR) is 109 cm³/mol. The molecule has 0 bridgehead atoms. The summed E-state index contributed by atoms with van der Waals surface area (Å²) in [7, 11) is 0. The van der Waals surface area contributed by atoms with Crippen molar-refractivity contribution in [3.63, 3.8) is 0 Å². The molecule has 162 valence electrons. The first kappa shape index (κ1) is 22.3. The summed E-state index contributed by atoms with van der Waals surface area (Å²) in [5, 5.41) is 21.5. The Morgan fingerprint density at radius 2 is 1.87 bits per heavy atom. The number of ether oxygens (including phenoxy) is 2. The average molecular weight is 416 g/mol. The van der Waals surface area contributed by atoms with Crippen LogP contribution in [0.4, 0.5) is 4.39 Å². The Balaban J connectivity index is 1.90. The molecule has 3 rings (SSSR count). The second-order valence-corrected chi connectivity index (χ2v) is 9.12. The van der Waals surface area contributed by atoms with Gasteiger partial charge in [0.2, 0.25) is 5.79 Å². The van der Waals surface area contributed by atoms with E-state index in [2.05, 4.69) is 11.8 Å². The van der Waals surface area contributed by atoms with Crippen molar-refractivity contribution in [2.24, 2.45) is 5.92 Å². The Morgan fingerprint density at radius 1 is 1.20 bits per heavy atom. The van der Waals surface area contributed by atoms with Crippen molar-refractivity contribution in [2.45, 2.75) is 76.8 Å². The zero-order valence-corrected chi connectivity index (χ0v) is 17.9. The van der Waals surface area contributed by atoms with Gasteiger partial charge in [0.15, 0.2) is 0 Å². The maximum atomic E-state index is 14.4. The van der Waals surface area contributed by atoms with Crippen LogP contribution in [0.15, 0.2) is 30.0 Å². The molecule has 1 heterocycles. The highest BCUT2D eigenvalue weighted by atomic mass is 19.1. The van der Waals surface area contributed by atoms with Gasteiger partial charge in [0.25, 0.3) is 0 Å². The van der Waals surface area contributed by atoms with Crippen LogP contribution in [-0.4, -0.2) is 27.6 Å². The fraction of sp³-hybridized carbons (Fsp3) is 0.542. The molecule has 0 saturated heterocycles. The molecule has 5 nitrogen and oxygen atoms in total. The first-order valence-corrected chi connectivity index (χ1v) is 10.3. The minimum Gasteiger partial charge on any atom is -0.457 e. The third-order valence-corrected chi connectivity index (χ3v) is 5.53. The Kier molecular flexibility index (Phi) is 5.99. The van der Waals surface area contributed by atoms with Gasteiger partial charge in [-0.25, -0.2) is 9.18 Å². The maximum Gasteiger partial charge on any atom is 0.337 e. The molecule has 6 heteroatoms. The fourth-order valence-electron chi connectivity index (χ4n) is 4.09. The zero-order valence-electron chi connectivity index (χ0n) is 17.9. The van der Waals surface area contributed by atoms with Crippen LogP contribution in [0.2, 0.25) is 0 Å². The molecule has 2 N–H and O–H groups in total. The average Bonchev–Trinajstić information content (AvgIpc) is 3.12. The molecule has 0 aromatic heterocycles. The Bertz CT molecular complexity index is 910. The standard InChI is InChI=1S/C24H29FO5/c1-22(2,27)19-10-9-16(13-20(19)25)11-12-24(28,17-7-5-6-8-17)15-18-14-21(26)30-23(3,4)29-18/h9-10,13-14,17,27-28H,5-8,15H2,1-4H3. The van der Waals surface area contributed by atoms with Crippen LogP contribution in [-0.2, 0) is 19.9 Å². The summed E-state index contributed by atoms with van der Waals surface area (Å²) in [4.78, 5) is 11.9. The number of halogens is 1.